The van der Waals surface area contributed by atoms with Gasteiger partial charge in [0.05, 0.1) is 5.02 Å². The van der Waals surface area contributed by atoms with Crippen molar-refractivity contribution in [2.75, 3.05) is 6.54 Å². The fraction of sp³-hybridized carbons (Fsp3) is 0.455. The van der Waals surface area contributed by atoms with Crippen molar-refractivity contribution < 1.29 is 4.39 Å². The van der Waals surface area contributed by atoms with Crippen molar-refractivity contribution in [1.82, 2.24) is 0 Å². The maximum Gasteiger partial charge on any atom is 0.146 e. The first-order valence-corrected chi connectivity index (χ1v) is 5.99. The van der Waals surface area contributed by atoms with E-state index in [2.05, 4.69) is 15.9 Å². The van der Waals surface area contributed by atoms with Gasteiger partial charge in [0, 0.05) is 4.47 Å². The molecule has 0 aliphatic rings. The highest BCUT2D eigenvalue weighted by Crippen LogP contribution is 2.33. The minimum absolute atomic E-state index is 0.0700. The molecule has 1 aromatic carbocycles. The van der Waals surface area contributed by atoms with Crippen molar-refractivity contribution in [2.24, 2.45) is 11.7 Å². The zero-order chi connectivity index (χ0) is 11.6. The van der Waals surface area contributed by atoms with E-state index in [4.69, 9.17) is 17.3 Å². The summed E-state index contributed by atoms with van der Waals surface area (Å²) in [4.78, 5) is 0. The van der Waals surface area contributed by atoms with E-state index in [0.717, 1.165) is 0 Å². The summed E-state index contributed by atoms with van der Waals surface area (Å²) in [5.74, 6) is -0.0452. The minimum Gasteiger partial charge on any atom is -0.330 e. The standard InChI is InChI=1S/C11H14BrClFN/c1-6(5-15)7(2)8-3-4-9(12)10(13)11(8)14/h3-4,6-7H,5,15H2,1-2H3. The molecule has 1 rings (SSSR count). The highest BCUT2D eigenvalue weighted by molar-refractivity contribution is 9.10. The molecule has 0 aliphatic carbocycles. The van der Waals surface area contributed by atoms with Crippen LogP contribution >= 0.6 is 27.5 Å². The summed E-state index contributed by atoms with van der Waals surface area (Å²) in [6, 6.07) is 3.52. The van der Waals surface area contributed by atoms with Gasteiger partial charge in [-0.2, -0.15) is 0 Å². The quantitative estimate of drug-likeness (QED) is 0.840. The number of hydrogen-bond acceptors (Lipinski definition) is 1. The molecule has 0 aliphatic heterocycles. The molecule has 4 heteroatoms. The molecular weight excluding hydrogens is 280 g/mol. The van der Waals surface area contributed by atoms with Crippen LogP contribution in [0.4, 0.5) is 4.39 Å². The van der Waals surface area contributed by atoms with E-state index >= 15 is 0 Å². The highest BCUT2D eigenvalue weighted by atomic mass is 79.9. The Morgan fingerprint density at radius 2 is 2.07 bits per heavy atom. The van der Waals surface area contributed by atoms with Gasteiger partial charge >= 0.3 is 0 Å². The van der Waals surface area contributed by atoms with Crippen LogP contribution in [0.15, 0.2) is 16.6 Å². The number of rotatable bonds is 3. The first-order valence-electron chi connectivity index (χ1n) is 4.82. The fourth-order valence-electron chi connectivity index (χ4n) is 1.40. The molecule has 15 heavy (non-hydrogen) atoms. The van der Waals surface area contributed by atoms with E-state index in [1.165, 1.54) is 0 Å². The Morgan fingerprint density at radius 3 is 2.60 bits per heavy atom. The molecule has 2 unspecified atom stereocenters. The van der Waals surface area contributed by atoms with Crippen LogP contribution in [0.1, 0.15) is 25.3 Å². The second kappa shape index (κ2) is 5.28. The Morgan fingerprint density at radius 1 is 1.47 bits per heavy atom. The van der Waals surface area contributed by atoms with Gasteiger partial charge in [0.2, 0.25) is 0 Å². The van der Waals surface area contributed by atoms with E-state index in [9.17, 15) is 4.39 Å². The number of nitrogens with two attached hydrogens (primary N) is 1. The van der Waals surface area contributed by atoms with E-state index in [-0.39, 0.29) is 22.7 Å². The van der Waals surface area contributed by atoms with Gasteiger partial charge in [-0.15, -0.1) is 0 Å². The molecular formula is C11H14BrClFN. The largest absolute Gasteiger partial charge is 0.330 e. The van der Waals surface area contributed by atoms with Gasteiger partial charge in [0.1, 0.15) is 5.82 Å². The summed E-state index contributed by atoms with van der Waals surface area (Å²) in [5.41, 5.74) is 6.19. The summed E-state index contributed by atoms with van der Waals surface area (Å²) >= 11 is 9.01. The topological polar surface area (TPSA) is 26.0 Å². The van der Waals surface area contributed by atoms with Crippen LogP contribution in [0.25, 0.3) is 0 Å². The zero-order valence-corrected chi connectivity index (χ0v) is 11.1. The molecule has 0 saturated carbocycles. The van der Waals surface area contributed by atoms with Gasteiger partial charge in [-0.1, -0.05) is 31.5 Å². The van der Waals surface area contributed by atoms with Crippen molar-refractivity contribution in [3.8, 4) is 0 Å². The normalized spacial score (nSPS) is 15.1. The first kappa shape index (κ1) is 12.9. The number of benzene rings is 1. The smallest absolute Gasteiger partial charge is 0.146 e. The van der Waals surface area contributed by atoms with Gasteiger partial charge < -0.3 is 5.73 Å². The lowest BCUT2D eigenvalue weighted by atomic mass is 9.89. The lowest BCUT2D eigenvalue weighted by Gasteiger charge is -2.19. The average molecular weight is 295 g/mol. The monoisotopic (exact) mass is 293 g/mol. The van der Waals surface area contributed by atoms with Crippen LogP contribution in [0.5, 0.6) is 0 Å². The van der Waals surface area contributed by atoms with Crippen LogP contribution in [-0.2, 0) is 0 Å². The van der Waals surface area contributed by atoms with Crippen molar-refractivity contribution in [3.05, 3.63) is 33.0 Å². The molecule has 0 saturated heterocycles. The molecule has 1 nitrogen and oxygen atoms in total. The molecule has 0 heterocycles. The predicted octanol–water partition coefficient (Wildman–Crippen LogP) is 3.94. The fourth-order valence-corrected chi connectivity index (χ4v) is 1.88. The third-order valence-corrected chi connectivity index (χ3v) is 4.04. The summed E-state index contributed by atoms with van der Waals surface area (Å²) < 4.78 is 14.4. The third kappa shape index (κ3) is 2.71. The number of hydrogen-bond donors (Lipinski definition) is 1. The zero-order valence-electron chi connectivity index (χ0n) is 8.73. The van der Waals surface area contributed by atoms with Gasteiger partial charge in [0.15, 0.2) is 0 Å². The molecule has 0 radical (unpaired) electrons. The van der Waals surface area contributed by atoms with Crippen LogP contribution in [0, 0.1) is 11.7 Å². The second-order valence-corrected chi connectivity index (χ2v) is 5.00. The Kier molecular flexibility index (Phi) is 4.56. The Hall–Kier alpha value is -0.120. The summed E-state index contributed by atoms with van der Waals surface area (Å²) in [5, 5.41) is 0.142. The van der Waals surface area contributed by atoms with Gasteiger partial charge in [0.25, 0.3) is 0 Å². The lowest BCUT2D eigenvalue weighted by Crippen LogP contribution is -2.18. The molecule has 0 amide bonds. The number of halogens is 3. The molecule has 0 fully saturated rings. The van der Waals surface area contributed by atoms with Gasteiger partial charge in [-0.25, -0.2) is 4.39 Å². The van der Waals surface area contributed by atoms with Crippen molar-refractivity contribution in [3.63, 3.8) is 0 Å². The van der Waals surface area contributed by atoms with Crippen molar-refractivity contribution in [2.45, 2.75) is 19.8 Å². The summed E-state index contributed by atoms with van der Waals surface area (Å²) in [7, 11) is 0. The SMILES string of the molecule is CC(CN)C(C)c1ccc(Br)c(Cl)c1F. The molecule has 0 bridgehead atoms. The minimum atomic E-state index is -0.348. The maximum atomic E-state index is 13.8. The van der Waals surface area contributed by atoms with E-state index in [1.807, 2.05) is 13.8 Å². The molecule has 1 aromatic rings. The predicted molar refractivity (Wildman–Crippen MR) is 65.7 cm³/mol. The molecule has 0 spiro atoms. The second-order valence-electron chi connectivity index (χ2n) is 3.77. The summed E-state index contributed by atoms with van der Waals surface area (Å²) in [6.45, 7) is 4.49. The maximum absolute atomic E-state index is 13.8. The summed E-state index contributed by atoms with van der Waals surface area (Å²) in [6.07, 6.45) is 0. The van der Waals surface area contributed by atoms with E-state index in [0.29, 0.717) is 16.6 Å². The van der Waals surface area contributed by atoms with Crippen molar-refractivity contribution in [1.29, 1.82) is 0 Å². The van der Waals surface area contributed by atoms with Crippen LogP contribution in [0.2, 0.25) is 5.02 Å². The van der Waals surface area contributed by atoms with Gasteiger partial charge in [-0.05, 0) is 45.9 Å². The average Bonchev–Trinajstić information content (AvgIpc) is 2.24. The van der Waals surface area contributed by atoms with E-state index < -0.39 is 0 Å². The molecule has 0 aromatic heterocycles. The molecule has 84 valence electrons. The highest BCUT2D eigenvalue weighted by Gasteiger charge is 2.19. The Bertz CT molecular complexity index is 357. The first-order chi connectivity index (χ1) is 6.99. The Balaban J connectivity index is 3.10. The third-order valence-electron chi connectivity index (χ3n) is 2.78. The Labute approximate surface area is 103 Å². The van der Waals surface area contributed by atoms with Gasteiger partial charge in [-0.3, -0.25) is 0 Å². The molecule has 2 N–H and O–H groups in total. The van der Waals surface area contributed by atoms with Crippen LogP contribution in [-0.4, -0.2) is 6.54 Å². The van der Waals surface area contributed by atoms with Crippen molar-refractivity contribution >= 4 is 27.5 Å². The van der Waals surface area contributed by atoms with Crippen LogP contribution < -0.4 is 5.73 Å². The van der Waals surface area contributed by atoms with Crippen LogP contribution in [0.3, 0.4) is 0 Å². The van der Waals surface area contributed by atoms with E-state index in [1.54, 1.807) is 12.1 Å². The lowest BCUT2D eigenvalue weighted by molar-refractivity contribution is 0.475. The molecule has 2 atom stereocenters.